The van der Waals surface area contributed by atoms with Gasteiger partial charge in [0.25, 0.3) is 0 Å². The first kappa shape index (κ1) is 13.1. The minimum atomic E-state index is -0.200. The number of benzene rings is 2. The van der Waals surface area contributed by atoms with E-state index in [2.05, 4.69) is 12.1 Å². The highest BCUT2D eigenvalue weighted by Gasteiger charge is 2.13. The molecule has 3 heteroatoms. The second kappa shape index (κ2) is 6.57. The lowest BCUT2D eigenvalue weighted by atomic mass is 10.0. The van der Waals surface area contributed by atoms with Gasteiger partial charge in [-0.15, -0.1) is 11.8 Å². The Balaban J connectivity index is 2.27. The summed E-state index contributed by atoms with van der Waals surface area (Å²) in [6.07, 6.45) is 0. The van der Waals surface area contributed by atoms with E-state index < -0.39 is 0 Å². The standard InChI is InChI=1S/C15H16FNS/c16-14-8-6-13(7-9-14)15(18-11-10-17)12-4-2-1-3-5-12/h1-9,15H,10-11,17H2. The summed E-state index contributed by atoms with van der Waals surface area (Å²) in [6.45, 7) is 0.648. The zero-order valence-corrected chi connectivity index (χ0v) is 10.9. The lowest BCUT2D eigenvalue weighted by Gasteiger charge is -2.17. The average molecular weight is 261 g/mol. The fraction of sp³-hybridized carbons (Fsp3) is 0.200. The maximum Gasteiger partial charge on any atom is 0.123 e. The van der Waals surface area contributed by atoms with E-state index in [-0.39, 0.29) is 11.1 Å². The molecule has 0 aromatic heterocycles. The second-order valence-corrected chi connectivity index (χ2v) is 5.21. The molecule has 2 N–H and O–H groups in total. The maximum atomic E-state index is 13.0. The maximum absolute atomic E-state index is 13.0. The third-order valence-electron chi connectivity index (χ3n) is 2.68. The van der Waals surface area contributed by atoms with Gasteiger partial charge in [-0.1, -0.05) is 42.5 Å². The SMILES string of the molecule is NCCSC(c1ccccc1)c1ccc(F)cc1. The third kappa shape index (κ3) is 3.34. The van der Waals surface area contributed by atoms with Crippen molar-refractivity contribution in [3.8, 4) is 0 Å². The van der Waals surface area contributed by atoms with E-state index in [1.165, 1.54) is 17.7 Å². The van der Waals surface area contributed by atoms with Crippen LogP contribution in [0.3, 0.4) is 0 Å². The molecule has 1 atom stereocenters. The summed E-state index contributed by atoms with van der Waals surface area (Å²) in [5.74, 6) is 0.686. The molecular weight excluding hydrogens is 245 g/mol. The summed E-state index contributed by atoms with van der Waals surface area (Å²) in [7, 11) is 0. The Morgan fingerprint density at radius 1 is 0.944 bits per heavy atom. The first-order valence-electron chi connectivity index (χ1n) is 5.93. The van der Waals surface area contributed by atoms with E-state index in [1.54, 1.807) is 11.8 Å². The van der Waals surface area contributed by atoms with Crippen LogP contribution in [0.5, 0.6) is 0 Å². The fourth-order valence-corrected chi connectivity index (χ4v) is 2.91. The predicted molar refractivity (Wildman–Crippen MR) is 76.2 cm³/mol. The Morgan fingerprint density at radius 2 is 1.56 bits per heavy atom. The van der Waals surface area contributed by atoms with Crippen LogP contribution < -0.4 is 5.73 Å². The van der Waals surface area contributed by atoms with E-state index in [4.69, 9.17) is 5.73 Å². The molecule has 2 aromatic rings. The van der Waals surface area contributed by atoms with Crippen LogP contribution >= 0.6 is 11.8 Å². The zero-order chi connectivity index (χ0) is 12.8. The van der Waals surface area contributed by atoms with Crippen LogP contribution in [0, 0.1) is 5.82 Å². The highest BCUT2D eigenvalue weighted by atomic mass is 32.2. The third-order valence-corrected chi connectivity index (χ3v) is 4.03. The number of hydrogen-bond acceptors (Lipinski definition) is 2. The van der Waals surface area contributed by atoms with Crippen LogP contribution in [0.1, 0.15) is 16.4 Å². The van der Waals surface area contributed by atoms with Gasteiger partial charge >= 0.3 is 0 Å². The minimum absolute atomic E-state index is 0.200. The van der Waals surface area contributed by atoms with E-state index >= 15 is 0 Å². The summed E-state index contributed by atoms with van der Waals surface area (Å²) in [6, 6.07) is 16.9. The number of nitrogens with two attached hydrogens (primary N) is 1. The van der Waals surface area contributed by atoms with Crippen molar-refractivity contribution >= 4 is 11.8 Å². The number of hydrogen-bond donors (Lipinski definition) is 1. The van der Waals surface area contributed by atoms with E-state index in [1.807, 2.05) is 30.3 Å². The molecule has 0 aliphatic rings. The lowest BCUT2D eigenvalue weighted by Crippen LogP contribution is -2.05. The van der Waals surface area contributed by atoms with Gasteiger partial charge in [-0.2, -0.15) is 0 Å². The van der Waals surface area contributed by atoms with Crippen molar-refractivity contribution in [2.45, 2.75) is 5.25 Å². The Labute approximate surface area is 111 Å². The molecule has 0 saturated carbocycles. The van der Waals surface area contributed by atoms with E-state index in [0.29, 0.717) is 6.54 Å². The van der Waals surface area contributed by atoms with Gasteiger partial charge in [0.1, 0.15) is 5.82 Å². The smallest absolute Gasteiger partial charge is 0.123 e. The van der Waals surface area contributed by atoms with Crippen molar-refractivity contribution in [1.29, 1.82) is 0 Å². The van der Waals surface area contributed by atoms with Gasteiger partial charge in [-0.3, -0.25) is 0 Å². The highest BCUT2D eigenvalue weighted by molar-refractivity contribution is 7.99. The van der Waals surface area contributed by atoms with Gasteiger partial charge < -0.3 is 5.73 Å². The molecule has 2 aromatic carbocycles. The van der Waals surface area contributed by atoms with Crippen LogP contribution in [0.2, 0.25) is 0 Å². The van der Waals surface area contributed by atoms with Crippen molar-refractivity contribution in [3.63, 3.8) is 0 Å². The molecule has 2 rings (SSSR count). The van der Waals surface area contributed by atoms with Crippen LogP contribution in [-0.2, 0) is 0 Å². The number of thioether (sulfide) groups is 1. The average Bonchev–Trinajstić information content (AvgIpc) is 2.42. The second-order valence-electron chi connectivity index (χ2n) is 4.00. The summed E-state index contributed by atoms with van der Waals surface area (Å²) in [5.41, 5.74) is 7.91. The van der Waals surface area contributed by atoms with Crippen LogP contribution in [-0.4, -0.2) is 12.3 Å². The van der Waals surface area contributed by atoms with Gasteiger partial charge in [-0.25, -0.2) is 4.39 Å². The fourth-order valence-electron chi connectivity index (χ4n) is 1.84. The first-order valence-corrected chi connectivity index (χ1v) is 6.98. The summed E-state index contributed by atoms with van der Waals surface area (Å²) >= 11 is 1.79. The Morgan fingerprint density at radius 3 is 2.17 bits per heavy atom. The summed E-state index contributed by atoms with van der Waals surface area (Å²) < 4.78 is 13.0. The highest BCUT2D eigenvalue weighted by Crippen LogP contribution is 2.35. The zero-order valence-electron chi connectivity index (χ0n) is 10.1. The molecule has 0 heterocycles. The summed E-state index contributed by atoms with van der Waals surface area (Å²) in [5, 5.41) is 0.218. The molecular formula is C15H16FNS. The molecule has 0 spiro atoms. The molecule has 0 aliphatic heterocycles. The Kier molecular flexibility index (Phi) is 4.79. The van der Waals surface area contributed by atoms with Crippen LogP contribution in [0.15, 0.2) is 54.6 Å². The largest absolute Gasteiger partial charge is 0.330 e. The van der Waals surface area contributed by atoms with Crippen molar-refractivity contribution < 1.29 is 4.39 Å². The van der Waals surface area contributed by atoms with Crippen LogP contribution in [0.25, 0.3) is 0 Å². The monoisotopic (exact) mass is 261 g/mol. The van der Waals surface area contributed by atoms with Gasteiger partial charge in [-0.05, 0) is 23.3 Å². The molecule has 0 radical (unpaired) electrons. The Bertz CT molecular complexity index is 470. The lowest BCUT2D eigenvalue weighted by molar-refractivity contribution is 0.627. The molecule has 0 bridgehead atoms. The molecule has 1 unspecified atom stereocenters. The molecule has 94 valence electrons. The normalized spacial score (nSPS) is 12.3. The van der Waals surface area contributed by atoms with E-state index in [9.17, 15) is 4.39 Å². The molecule has 0 aliphatic carbocycles. The molecule has 0 amide bonds. The minimum Gasteiger partial charge on any atom is -0.330 e. The van der Waals surface area contributed by atoms with Gasteiger partial charge in [0.15, 0.2) is 0 Å². The molecule has 0 saturated heterocycles. The van der Waals surface area contributed by atoms with E-state index in [0.717, 1.165) is 11.3 Å². The summed E-state index contributed by atoms with van der Waals surface area (Å²) in [4.78, 5) is 0. The van der Waals surface area contributed by atoms with Gasteiger partial charge in [0.2, 0.25) is 0 Å². The van der Waals surface area contributed by atoms with Crippen molar-refractivity contribution in [2.24, 2.45) is 5.73 Å². The Hall–Kier alpha value is -1.32. The molecule has 1 nitrogen and oxygen atoms in total. The predicted octanol–water partition coefficient (Wildman–Crippen LogP) is 3.61. The molecule has 18 heavy (non-hydrogen) atoms. The van der Waals surface area contributed by atoms with Gasteiger partial charge in [0, 0.05) is 12.3 Å². The topological polar surface area (TPSA) is 26.0 Å². The number of rotatable bonds is 5. The van der Waals surface area contributed by atoms with Crippen molar-refractivity contribution in [2.75, 3.05) is 12.3 Å². The van der Waals surface area contributed by atoms with Gasteiger partial charge in [0.05, 0.1) is 5.25 Å². The van der Waals surface area contributed by atoms with Crippen molar-refractivity contribution in [1.82, 2.24) is 0 Å². The number of halogens is 1. The molecule has 0 fully saturated rings. The first-order chi connectivity index (χ1) is 8.81. The van der Waals surface area contributed by atoms with Crippen LogP contribution in [0.4, 0.5) is 4.39 Å². The van der Waals surface area contributed by atoms with Crippen molar-refractivity contribution in [3.05, 3.63) is 71.5 Å². The quantitative estimate of drug-likeness (QED) is 0.890.